The monoisotopic (exact) mass is 265 g/mol. The topological polar surface area (TPSA) is 75.5 Å². The van der Waals surface area contributed by atoms with Gasteiger partial charge in [0.05, 0.1) is 11.5 Å². The molecule has 1 amide bonds. The number of nitro benzene ring substituents is 1. The Morgan fingerprint density at radius 3 is 2.53 bits per heavy atom. The number of carbonyl (C=O) groups is 1. The van der Waals surface area contributed by atoms with E-state index < -0.39 is 4.92 Å². The highest BCUT2D eigenvalue weighted by molar-refractivity contribution is 5.82. The van der Waals surface area contributed by atoms with Gasteiger partial charge in [-0.15, -0.1) is 0 Å². The van der Waals surface area contributed by atoms with Crippen molar-refractivity contribution in [3.8, 4) is 0 Å². The zero-order chi connectivity index (χ0) is 14.4. The normalized spacial score (nSPS) is 10.1. The second-order valence-electron chi connectivity index (χ2n) is 4.15. The van der Waals surface area contributed by atoms with Crippen molar-refractivity contribution in [2.24, 2.45) is 0 Å². The first-order valence-electron chi connectivity index (χ1n) is 6.26. The van der Waals surface area contributed by atoms with Gasteiger partial charge in [0.2, 0.25) is 5.91 Å². The minimum Gasteiger partial charge on any atom is -0.370 e. The number of anilines is 1. The average molecular weight is 265 g/mol. The lowest BCUT2D eigenvalue weighted by atomic mass is 10.1. The number of hydrogen-bond donors (Lipinski definition) is 1. The van der Waals surface area contributed by atoms with Crippen LogP contribution < -0.4 is 5.32 Å². The van der Waals surface area contributed by atoms with E-state index >= 15 is 0 Å². The molecule has 0 saturated carbocycles. The van der Waals surface area contributed by atoms with Gasteiger partial charge in [-0.25, -0.2) is 0 Å². The first kappa shape index (κ1) is 14.9. The zero-order valence-electron chi connectivity index (χ0n) is 11.5. The zero-order valence-corrected chi connectivity index (χ0v) is 11.5. The van der Waals surface area contributed by atoms with E-state index in [1.54, 1.807) is 24.0 Å². The molecular formula is C13H19N3O3. The molecule has 1 rings (SSSR count). The molecule has 0 radical (unpaired) electrons. The Kier molecular flexibility index (Phi) is 5.29. The number of likely N-dealkylation sites (N-methyl/N-ethyl adjacent to an activating group) is 1. The Balaban J connectivity index is 2.83. The summed E-state index contributed by atoms with van der Waals surface area (Å²) in [5.74, 6) is -0.0671. The van der Waals surface area contributed by atoms with Crippen LogP contribution in [0.3, 0.4) is 0 Å². The van der Waals surface area contributed by atoms with Crippen LogP contribution in [0, 0.1) is 17.0 Å². The van der Waals surface area contributed by atoms with Crippen LogP contribution in [0.15, 0.2) is 18.2 Å². The van der Waals surface area contributed by atoms with Crippen molar-refractivity contribution in [2.45, 2.75) is 20.8 Å². The fourth-order valence-electron chi connectivity index (χ4n) is 1.89. The molecule has 0 spiro atoms. The minimum atomic E-state index is -0.447. The lowest BCUT2D eigenvalue weighted by molar-refractivity contribution is -0.384. The van der Waals surface area contributed by atoms with Crippen LogP contribution >= 0.6 is 0 Å². The molecule has 0 atom stereocenters. The lowest BCUT2D eigenvalue weighted by Crippen LogP contribution is -2.35. The second-order valence-corrected chi connectivity index (χ2v) is 4.15. The Morgan fingerprint density at radius 1 is 1.37 bits per heavy atom. The summed E-state index contributed by atoms with van der Waals surface area (Å²) >= 11 is 0. The van der Waals surface area contributed by atoms with Gasteiger partial charge in [0.25, 0.3) is 5.69 Å². The van der Waals surface area contributed by atoms with Crippen molar-refractivity contribution in [2.75, 3.05) is 25.0 Å². The molecule has 0 aliphatic carbocycles. The van der Waals surface area contributed by atoms with E-state index in [0.29, 0.717) is 18.8 Å². The van der Waals surface area contributed by atoms with Crippen molar-refractivity contribution in [1.82, 2.24) is 4.90 Å². The van der Waals surface area contributed by atoms with Gasteiger partial charge in [-0.3, -0.25) is 14.9 Å². The maximum absolute atomic E-state index is 11.9. The molecule has 6 nitrogen and oxygen atoms in total. The molecule has 0 aliphatic rings. The van der Waals surface area contributed by atoms with E-state index in [-0.39, 0.29) is 18.1 Å². The van der Waals surface area contributed by atoms with Crippen LogP contribution in [-0.2, 0) is 4.79 Å². The number of benzene rings is 1. The number of hydrogen-bond acceptors (Lipinski definition) is 4. The molecule has 6 heteroatoms. The van der Waals surface area contributed by atoms with Crippen molar-refractivity contribution >= 4 is 17.3 Å². The number of aryl methyl sites for hydroxylation is 1. The van der Waals surface area contributed by atoms with Gasteiger partial charge in [0.15, 0.2) is 0 Å². The van der Waals surface area contributed by atoms with Crippen LogP contribution in [-0.4, -0.2) is 35.4 Å². The van der Waals surface area contributed by atoms with Gasteiger partial charge < -0.3 is 10.2 Å². The predicted octanol–water partition coefficient (Wildman–Crippen LogP) is 2.18. The van der Waals surface area contributed by atoms with E-state index in [9.17, 15) is 14.9 Å². The fourth-order valence-corrected chi connectivity index (χ4v) is 1.89. The number of rotatable bonds is 6. The molecular weight excluding hydrogens is 246 g/mol. The third-order valence-corrected chi connectivity index (χ3v) is 2.98. The second kappa shape index (κ2) is 6.72. The largest absolute Gasteiger partial charge is 0.370 e. The number of nitro groups is 1. The molecule has 0 saturated heterocycles. The predicted molar refractivity (Wildman–Crippen MR) is 74.3 cm³/mol. The van der Waals surface area contributed by atoms with E-state index in [2.05, 4.69) is 5.32 Å². The van der Waals surface area contributed by atoms with Gasteiger partial charge in [0, 0.05) is 19.2 Å². The third-order valence-electron chi connectivity index (χ3n) is 2.98. The van der Waals surface area contributed by atoms with Crippen molar-refractivity contribution in [3.05, 3.63) is 33.9 Å². The number of para-hydroxylation sites is 1. The number of amides is 1. The van der Waals surface area contributed by atoms with Gasteiger partial charge >= 0.3 is 0 Å². The highest BCUT2D eigenvalue weighted by Gasteiger charge is 2.17. The van der Waals surface area contributed by atoms with Gasteiger partial charge in [-0.05, 0) is 26.3 Å². The summed E-state index contributed by atoms with van der Waals surface area (Å²) < 4.78 is 0. The molecule has 0 aromatic heterocycles. The molecule has 0 aliphatic heterocycles. The Morgan fingerprint density at radius 2 is 2.00 bits per heavy atom. The van der Waals surface area contributed by atoms with E-state index in [1.165, 1.54) is 6.07 Å². The summed E-state index contributed by atoms with van der Waals surface area (Å²) in [6, 6.07) is 4.83. The van der Waals surface area contributed by atoms with Crippen LogP contribution in [0.5, 0.6) is 0 Å². The maximum atomic E-state index is 11.9. The van der Waals surface area contributed by atoms with Crippen molar-refractivity contribution in [3.63, 3.8) is 0 Å². The molecule has 0 unspecified atom stereocenters. The van der Waals surface area contributed by atoms with Gasteiger partial charge in [-0.2, -0.15) is 0 Å². The lowest BCUT2D eigenvalue weighted by Gasteiger charge is -2.19. The molecule has 0 bridgehead atoms. The molecule has 1 aromatic carbocycles. The van der Waals surface area contributed by atoms with Crippen LogP contribution in [0.2, 0.25) is 0 Å². The molecule has 19 heavy (non-hydrogen) atoms. The summed E-state index contributed by atoms with van der Waals surface area (Å²) in [6.45, 7) is 6.90. The van der Waals surface area contributed by atoms with Crippen molar-refractivity contribution in [1.29, 1.82) is 0 Å². The van der Waals surface area contributed by atoms with E-state index in [1.807, 2.05) is 13.8 Å². The summed E-state index contributed by atoms with van der Waals surface area (Å²) in [7, 11) is 0. The smallest absolute Gasteiger partial charge is 0.292 e. The van der Waals surface area contributed by atoms with Crippen molar-refractivity contribution < 1.29 is 9.72 Å². The standard InChI is InChI=1S/C13H19N3O3/c1-4-15(5-2)12(17)9-14-13-10(3)7-6-8-11(13)16(18)19/h6-8,14H,4-5,9H2,1-3H3. The first-order chi connectivity index (χ1) is 9.01. The Hall–Kier alpha value is -2.11. The molecule has 1 N–H and O–H groups in total. The van der Waals surface area contributed by atoms with E-state index in [0.717, 1.165) is 5.56 Å². The summed E-state index contributed by atoms with van der Waals surface area (Å²) in [5, 5.41) is 13.8. The highest BCUT2D eigenvalue weighted by Crippen LogP contribution is 2.27. The average Bonchev–Trinajstić information content (AvgIpc) is 2.38. The number of nitrogens with one attached hydrogen (secondary N) is 1. The molecule has 1 aromatic rings. The number of nitrogens with zero attached hydrogens (tertiary/aromatic N) is 2. The SMILES string of the molecule is CCN(CC)C(=O)CNc1c(C)cccc1[N+](=O)[O-]. The molecule has 0 fully saturated rings. The third kappa shape index (κ3) is 3.67. The summed E-state index contributed by atoms with van der Waals surface area (Å²) in [4.78, 5) is 24.0. The molecule has 104 valence electrons. The number of carbonyl (C=O) groups excluding carboxylic acids is 1. The van der Waals surface area contributed by atoms with Gasteiger partial charge in [-0.1, -0.05) is 12.1 Å². The minimum absolute atomic E-state index is 0.00709. The molecule has 0 heterocycles. The van der Waals surface area contributed by atoms with Crippen LogP contribution in [0.25, 0.3) is 0 Å². The summed E-state index contributed by atoms with van der Waals surface area (Å²) in [6.07, 6.45) is 0. The highest BCUT2D eigenvalue weighted by atomic mass is 16.6. The Labute approximate surface area is 112 Å². The maximum Gasteiger partial charge on any atom is 0.292 e. The van der Waals surface area contributed by atoms with E-state index in [4.69, 9.17) is 0 Å². The Bertz CT molecular complexity index is 470. The van der Waals surface area contributed by atoms with Gasteiger partial charge in [0.1, 0.15) is 5.69 Å². The van der Waals surface area contributed by atoms with Crippen LogP contribution in [0.1, 0.15) is 19.4 Å². The quantitative estimate of drug-likeness (QED) is 0.632. The summed E-state index contributed by atoms with van der Waals surface area (Å²) in [5.41, 5.74) is 1.15. The first-order valence-corrected chi connectivity index (χ1v) is 6.26. The fraction of sp³-hybridized carbons (Fsp3) is 0.462. The van der Waals surface area contributed by atoms with Crippen LogP contribution in [0.4, 0.5) is 11.4 Å².